The third kappa shape index (κ3) is 6.16. The SMILES string of the molecule is O=C(CSc1nc2ccccc2c(=O)n1-c1ccc(Br)cc1)Nc1cc(C(F)(F)F)cc(C(F)(F)F)c1. The fourth-order valence-electron chi connectivity index (χ4n) is 3.38. The maximum Gasteiger partial charge on any atom is 0.416 e. The van der Waals surface area contributed by atoms with Crippen molar-refractivity contribution in [2.24, 2.45) is 0 Å². The molecule has 0 saturated heterocycles. The summed E-state index contributed by atoms with van der Waals surface area (Å²) in [5.74, 6) is -1.33. The summed E-state index contributed by atoms with van der Waals surface area (Å²) in [5.41, 5.74) is -3.37. The van der Waals surface area contributed by atoms with E-state index in [0.717, 1.165) is 16.2 Å². The summed E-state index contributed by atoms with van der Waals surface area (Å²) >= 11 is 4.11. The van der Waals surface area contributed by atoms with E-state index in [-0.39, 0.29) is 11.2 Å². The molecule has 4 rings (SSSR count). The molecule has 0 fully saturated rings. The minimum atomic E-state index is -5.05. The lowest BCUT2D eigenvalue weighted by molar-refractivity contribution is -0.143. The number of fused-ring (bicyclic) bond motifs is 1. The van der Waals surface area contributed by atoms with Gasteiger partial charge in [-0.1, -0.05) is 39.8 Å². The van der Waals surface area contributed by atoms with Crippen molar-refractivity contribution in [1.29, 1.82) is 0 Å². The molecule has 5 nitrogen and oxygen atoms in total. The first-order chi connectivity index (χ1) is 17.3. The van der Waals surface area contributed by atoms with Crippen molar-refractivity contribution >= 4 is 50.2 Å². The van der Waals surface area contributed by atoms with Crippen LogP contribution < -0.4 is 10.9 Å². The molecule has 0 aliphatic rings. The van der Waals surface area contributed by atoms with Crippen LogP contribution in [0.3, 0.4) is 0 Å². The molecule has 1 heterocycles. The van der Waals surface area contributed by atoms with Crippen molar-refractivity contribution in [3.05, 3.63) is 92.7 Å². The molecule has 0 aliphatic carbocycles. The summed E-state index contributed by atoms with van der Waals surface area (Å²) in [6, 6.07) is 14.0. The molecule has 1 aromatic heterocycles. The van der Waals surface area contributed by atoms with Crippen LogP contribution in [0.2, 0.25) is 0 Å². The first kappa shape index (κ1) is 26.7. The molecule has 13 heteroatoms. The lowest BCUT2D eigenvalue weighted by Gasteiger charge is -2.15. The van der Waals surface area contributed by atoms with Gasteiger partial charge in [-0.2, -0.15) is 26.3 Å². The summed E-state index contributed by atoms with van der Waals surface area (Å²) in [6.07, 6.45) is -10.1. The molecule has 192 valence electrons. The maximum atomic E-state index is 13.2. The summed E-state index contributed by atoms with van der Waals surface area (Å²) in [4.78, 5) is 30.2. The number of anilines is 1. The Morgan fingerprint density at radius 2 is 1.51 bits per heavy atom. The highest BCUT2D eigenvalue weighted by molar-refractivity contribution is 9.10. The predicted octanol–water partition coefficient (Wildman–Crippen LogP) is 6.92. The number of amides is 1. The zero-order valence-electron chi connectivity index (χ0n) is 18.3. The van der Waals surface area contributed by atoms with Crippen molar-refractivity contribution < 1.29 is 31.1 Å². The second-order valence-electron chi connectivity index (χ2n) is 7.66. The number of rotatable bonds is 5. The summed E-state index contributed by atoms with van der Waals surface area (Å²) in [7, 11) is 0. The topological polar surface area (TPSA) is 64.0 Å². The smallest absolute Gasteiger partial charge is 0.325 e. The Morgan fingerprint density at radius 3 is 2.11 bits per heavy atom. The average molecular weight is 602 g/mol. The highest BCUT2D eigenvalue weighted by Gasteiger charge is 2.37. The van der Waals surface area contributed by atoms with Crippen LogP contribution in [0, 0.1) is 0 Å². The van der Waals surface area contributed by atoms with E-state index in [1.807, 2.05) is 0 Å². The zero-order valence-corrected chi connectivity index (χ0v) is 20.7. The molecule has 3 aromatic carbocycles. The molecule has 0 aliphatic heterocycles. The van der Waals surface area contributed by atoms with E-state index >= 15 is 0 Å². The third-order valence-corrected chi connectivity index (χ3v) is 6.50. The van der Waals surface area contributed by atoms with Gasteiger partial charge in [0.15, 0.2) is 5.16 Å². The van der Waals surface area contributed by atoms with Gasteiger partial charge in [-0.3, -0.25) is 14.2 Å². The van der Waals surface area contributed by atoms with Gasteiger partial charge in [0.05, 0.1) is 33.5 Å². The number of para-hydroxylation sites is 1. The van der Waals surface area contributed by atoms with Gasteiger partial charge in [-0.05, 0) is 54.6 Å². The van der Waals surface area contributed by atoms with Crippen molar-refractivity contribution in [3.63, 3.8) is 0 Å². The Balaban J connectivity index is 1.64. The number of nitrogens with one attached hydrogen (secondary N) is 1. The number of aromatic nitrogens is 2. The number of hydrogen-bond acceptors (Lipinski definition) is 4. The minimum absolute atomic E-state index is 0.0275. The molecule has 0 spiro atoms. The first-order valence-corrected chi connectivity index (χ1v) is 12.1. The second-order valence-corrected chi connectivity index (χ2v) is 9.52. The molecule has 4 aromatic rings. The number of alkyl halides is 6. The average Bonchev–Trinajstić information content (AvgIpc) is 2.82. The van der Waals surface area contributed by atoms with Gasteiger partial charge in [-0.15, -0.1) is 0 Å². The molecule has 0 atom stereocenters. The van der Waals surface area contributed by atoms with Gasteiger partial charge in [-0.25, -0.2) is 4.98 Å². The van der Waals surface area contributed by atoms with Crippen LogP contribution in [0.4, 0.5) is 32.0 Å². The van der Waals surface area contributed by atoms with E-state index in [1.54, 1.807) is 48.5 Å². The van der Waals surface area contributed by atoms with Gasteiger partial charge >= 0.3 is 12.4 Å². The Labute approximate surface area is 217 Å². The zero-order chi connectivity index (χ0) is 27.0. The minimum Gasteiger partial charge on any atom is -0.325 e. The van der Waals surface area contributed by atoms with Crippen molar-refractivity contribution in [2.45, 2.75) is 17.5 Å². The van der Waals surface area contributed by atoms with Crippen LogP contribution in [0.1, 0.15) is 11.1 Å². The molecule has 37 heavy (non-hydrogen) atoms. The Kier molecular flexibility index (Phi) is 7.38. The molecular weight excluding hydrogens is 588 g/mol. The van der Waals surface area contributed by atoms with Gasteiger partial charge in [0.1, 0.15) is 0 Å². The quantitative estimate of drug-likeness (QED) is 0.153. The van der Waals surface area contributed by atoms with E-state index < -0.39 is 46.4 Å². The Morgan fingerprint density at radius 1 is 0.919 bits per heavy atom. The van der Waals surface area contributed by atoms with Gasteiger partial charge in [0.25, 0.3) is 5.56 Å². The van der Waals surface area contributed by atoms with Crippen LogP contribution in [0.5, 0.6) is 0 Å². The number of benzene rings is 3. The fraction of sp³-hybridized carbons (Fsp3) is 0.125. The molecule has 0 radical (unpaired) electrons. The van der Waals surface area contributed by atoms with Crippen molar-refractivity contribution in [2.75, 3.05) is 11.1 Å². The first-order valence-electron chi connectivity index (χ1n) is 10.3. The van der Waals surface area contributed by atoms with Gasteiger partial charge < -0.3 is 5.32 Å². The van der Waals surface area contributed by atoms with E-state index in [0.29, 0.717) is 28.7 Å². The largest absolute Gasteiger partial charge is 0.416 e. The standard InChI is InChI=1S/C24H14BrF6N3O2S/c25-15-5-7-17(8-6-15)34-21(36)18-3-1-2-4-19(18)33-22(34)37-12-20(35)32-16-10-13(23(26,27)28)9-14(11-16)24(29,30)31/h1-11H,12H2,(H,32,35). The number of nitrogens with zero attached hydrogens (tertiary/aromatic N) is 2. The highest BCUT2D eigenvalue weighted by atomic mass is 79.9. The molecule has 1 N–H and O–H groups in total. The number of carbonyl (C=O) groups is 1. The summed E-state index contributed by atoms with van der Waals surface area (Å²) in [6.45, 7) is 0. The normalized spacial score (nSPS) is 12.1. The lowest BCUT2D eigenvalue weighted by atomic mass is 10.1. The van der Waals surface area contributed by atoms with Gasteiger partial charge in [0.2, 0.25) is 5.91 Å². The van der Waals surface area contributed by atoms with E-state index in [2.05, 4.69) is 26.2 Å². The maximum absolute atomic E-state index is 13.2. The molecule has 0 saturated carbocycles. The van der Waals surface area contributed by atoms with Gasteiger partial charge in [0, 0.05) is 10.2 Å². The van der Waals surface area contributed by atoms with Crippen molar-refractivity contribution in [1.82, 2.24) is 9.55 Å². The Hall–Kier alpha value is -3.32. The molecular formula is C24H14BrF6N3O2S. The number of thioether (sulfide) groups is 1. The van der Waals surface area contributed by atoms with Crippen LogP contribution in [-0.2, 0) is 17.1 Å². The third-order valence-electron chi connectivity index (χ3n) is 5.03. The molecule has 1 amide bonds. The van der Waals surface area contributed by atoms with Crippen LogP contribution in [0.15, 0.2) is 81.2 Å². The summed E-state index contributed by atoms with van der Waals surface area (Å²) < 4.78 is 80.7. The monoisotopic (exact) mass is 601 g/mol. The number of hydrogen-bond donors (Lipinski definition) is 1. The molecule has 0 bridgehead atoms. The van der Waals surface area contributed by atoms with Crippen LogP contribution >= 0.6 is 27.7 Å². The molecule has 0 unspecified atom stereocenters. The lowest BCUT2D eigenvalue weighted by Crippen LogP contribution is -2.23. The van der Waals surface area contributed by atoms with Crippen LogP contribution in [0.25, 0.3) is 16.6 Å². The Bertz CT molecular complexity index is 1500. The van der Waals surface area contributed by atoms with Crippen molar-refractivity contribution in [3.8, 4) is 5.69 Å². The fourth-order valence-corrected chi connectivity index (χ4v) is 4.46. The number of carbonyl (C=O) groups excluding carboxylic acids is 1. The van der Waals surface area contributed by atoms with E-state index in [1.165, 1.54) is 4.57 Å². The summed E-state index contributed by atoms with van der Waals surface area (Å²) in [5, 5.41) is 2.51. The van der Waals surface area contributed by atoms with Crippen LogP contribution in [-0.4, -0.2) is 21.2 Å². The van der Waals surface area contributed by atoms with E-state index in [4.69, 9.17) is 0 Å². The highest BCUT2D eigenvalue weighted by Crippen LogP contribution is 2.37. The second kappa shape index (κ2) is 10.2. The predicted molar refractivity (Wildman–Crippen MR) is 131 cm³/mol. The van der Waals surface area contributed by atoms with E-state index in [9.17, 15) is 35.9 Å². The number of halogens is 7.